The first-order valence-corrected chi connectivity index (χ1v) is 8.40. The second-order valence-electron chi connectivity index (χ2n) is 6.16. The number of hydrogen-bond donors (Lipinski definition) is 2. The molecule has 5 heteroatoms. The zero-order valence-corrected chi connectivity index (χ0v) is 14.0. The molecule has 0 radical (unpaired) electrons. The fraction of sp³-hybridized carbons (Fsp3) is 1.00. The number of ether oxygens (including phenoxy) is 2. The third kappa shape index (κ3) is 8.73. The van der Waals surface area contributed by atoms with E-state index >= 15 is 0 Å². The van der Waals surface area contributed by atoms with Crippen LogP contribution in [0.1, 0.15) is 39.5 Å². The number of rotatable bonds is 11. The molecule has 1 heterocycles. The first kappa shape index (κ1) is 18.8. The van der Waals surface area contributed by atoms with Crippen LogP contribution in [-0.4, -0.2) is 74.8 Å². The van der Waals surface area contributed by atoms with Gasteiger partial charge in [-0.1, -0.05) is 13.3 Å². The summed E-state index contributed by atoms with van der Waals surface area (Å²) in [6, 6.07) is 0.575. The number of aliphatic hydroxyl groups excluding tert-OH is 1. The van der Waals surface area contributed by atoms with Crippen molar-refractivity contribution < 1.29 is 14.6 Å². The predicted molar refractivity (Wildman–Crippen MR) is 85.7 cm³/mol. The van der Waals surface area contributed by atoms with Crippen LogP contribution in [0.25, 0.3) is 0 Å². The zero-order valence-electron chi connectivity index (χ0n) is 14.0. The molecule has 3 atom stereocenters. The predicted octanol–water partition coefficient (Wildman–Crippen LogP) is 1.25. The van der Waals surface area contributed by atoms with Crippen LogP contribution < -0.4 is 5.32 Å². The smallest absolute Gasteiger partial charge is 0.0900 e. The molecule has 0 bridgehead atoms. The van der Waals surface area contributed by atoms with Crippen LogP contribution in [0.5, 0.6) is 0 Å². The van der Waals surface area contributed by atoms with E-state index in [-0.39, 0.29) is 6.10 Å². The molecule has 0 spiro atoms. The highest BCUT2D eigenvalue weighted by atomic mass is 16.5. The monoisotopic (exact) mass is 302 g/mol. The van der Waals surface area contributed by atoms with Crippen LogP contribution >= 0.6 is 0 Å². The van der Waals surface area contributed by atoms with Gasteiger partial charge in [-0.2, -0.15) is 0 Å². The van der Waals surface area contributed by atoms with Gasteiger partial charge < -0.3 is 19.9 Å². The minimum atomic E-state index is -0.431. The number of nitrogens with one attached hydrogen (secondary N) is 1. The van der Waals surface area contributed by atoms with Crippen LogP contribution in [0.3, 0.4) is 0 Å². The molecule has 5 nitrogen and oxygen atoms in total. The SMILES string of the molecule is CCCN(CC(O)COC(C)COC)CC1CCCCN1. The van der Waals surface area contributed by atoms with E-state index in [1.807, 2.05) is 6.92 Å². The van der Waals surface area contributed by atoms with Crippen LogP contribution in [0.2, 0.25) is 0 Å². The summed E-state index contributed by atoms with van der Waals surface area (Å²) in [6.07, 6.45) is 4.57. The van der Waals surface area contributed by atoms with Crippen molar-refractivity contribution in [2.75, 3.05) is 46.5 Å². The lowest BCUT2D eigenvalue weighted by Gasteiger charge is -2.31. The van der Waals surface area contributed by atoms with Gasteiger partial charge in [0.1, 0.15) is 0 Å². The van der Waals surface area contributed by atoms with Gasteiger partial charge in [0, 0.05) is 26.2 Å². The lowest BCUT2D eigenvalue weighted by molar-refractivity contribution is -0.0403. The number of aliphatic hydroxyl groups is 1. The fourth-order valence-electron chi connectivity index (χ4n) is 2.87. The molecular weight excluding hydrogens is 268 g/mol. The van der Waals surface area contributed by atoms with E-state index in [1.54, 1.807) is 7.11 Å². The Balaban J connectivity index is 2.27. The summed E-state index contributed by atoms with van der Waals surface area (Å²) in [5.74, 6) is 0. The third-order valence-corrected chi connectivity index (χ3v) is 3.87. The van der Waals surface area contributed by atoms with Crippen LogP contribution in [0.15, 0.2) is 0 Å². The molecule has 1 aliphatic heterocycles. The van der Waals surface area contributed by atoms with E-state index in [0.29, 0.717) is 25.8 Å². The topological polar surface area (TPSA) is 54.0 Å². The second kappa shape index (κ2) is 11.4. The van der Waals surface area contributed by atoms with Gasteiger partial charge in [-0.15, -0.1) is 0 Å². The van der Waals surface area contributed by atoms with Crippen molar-refractivity contribution in [3.05, 3.63) is 0 Å². The minimum Gasteiger partial charge on any atom is -0.389 e. The molecule has 0 aromatic heterocycles. The molecule has 21 heavy (non-hydrogen) atoms. The van der Waals surface area contributed by atoms with Crippen molar-refractivity contribution in [3.8, 4) is 0 Å². The highest BCUT2D eigenvalue weighted by Crippen LogP contribution is 2.09. The maximum Gasteiger partial charge on any atom is 0.0900 e. The van der Waals surface area contributed by atoms with E-state index in [9.17, 15) is 5.11 Å². The molecule has 1 fully saturated rings. The van der Waals surface area contributed by atoms with Gasteiger partial charge in [0.25, 0.3) is 0 Å². The average Bonchev–Trinajstić information content (AvgIpc) is 2.47. The molecule has 0 aromatic rings. The van der Waals surface area contributed by atoms with Crippen LogP contribution in [0, 0.1) is 0 Å². The van der Waals surface area contributed by atoms with E-state index in [1.165, 1.54) is 19.3 Å². The molecule has 0 amide bonds. The van der Waals surface area contributed by atoms with Gasteiger partial charge in [0.05, 0.1) is 25.4 Å². The van der Waals surface area contributed by atoms with Gasteiger partial charge in [-0.05, 0) is 39.3 Å². The van der Waals surface area contributed by atoms with Gasteiger partial charge in [-0.25, -0.2) is 0 Å². The van der Waals surface area contributed by atoms with Crippen molar-refractivity contribution in [2.24, 2.45) is 0 Å². The summed E-state index contributed by atoms with van der Waals surface area (Å²) < 4.78 is 10.6. The molecule has 126 valence electrons. The molecule has 0 saturated carbocycles. The van der Waals surface area contributed by atoms with Gasteiger partial charge >= 0.3 is 0 Å². The molecule has 0 aromatic carbocycles. The molecule has 3 unspecified atom stereocenters. The molecule has 1 aliphatic rings. The zero-order chi connectivity index (χ0) is 15.5. The Morgan fingerprint density at radius 2 is 2.14 bits per heavy atom. The van der Waals surface area contributed by atoms with Crippen LogP contribution in [0.4, 0.5) is 0 Å². The third-order valence-electron chi connectivity index (χ3n) is 3.87. The highest BCUT2D eigenvalue weighted by Gasteiger charge is 2.19. The quantitative estimate of drug-likeness (QED) is 0.602. The number of hydrogen-bond acceptors (Lipinski definition) is 5. The van der Waals surface area contributed by atoms with Gasteiger partial charge in [0.15, 0.2) is 0 Å². The molecule has 1 rings (SSSR count). The molecule has 0 aliphatic carbocycles. The first-order chi connectivity index (χ1) is 10.2. The van der Waals surface area contributed by atoms with E-state index in [2.05, 4.69) is 17.1 Å². The number of piperidine rings is 1. The van der Waals surface area contributed by atoms with Crippen molar-refractivity contribution in [2.45, 2.75) is 57.8 Å². The van der Waals surface area contributed by atoms with Crippen molar-refractivity contribution in [1.29, 1.82) is 0 Å². The Labute approximate surface area is 130 Å². The Bertz CT molecular complexity index is 248. The summed E-state index contributed by atoms with van der Waals surface area (Å²) in [7, 11) is 1.66. The standard InChI is InChI=1S/C16H34N2O3/c1-4-9-18(10-15-7-5-6-8-17-15)11-16(19)13-21-14(2)12-20-3/h14-17,19H,4-13H2,1-3H3. The van der Waals surface area contributed by atoms with E-state index in [4.69, 9.17) is 9.47 Å². The van der Waals surface area contributed by atoms with E-state index < -0.39 is 6.10 Å². The lowest BCUT2D eigenvalue weighted by atomic mass is 10.0. The molecule has 1 saturated heterocycles. The molecule has 2 N–H and O–H groups in total. The normalized spacial score (nSPS) is 22.4. The summed E-state index contributed by atoms with van der Waals surface area (Å²) in [5, 5.41) is 13.7. The fourth-order valence-corrected chi connectivity index (χ4v) is 2.87. The second-order valence-corrected chi connectivity index (χ2v) is 6.16. The van der Waals surface area contributed by atoms with Gasteiger partial charge in [0.2, 0.25) is 0 Å². The number of methoxy groups -OCH3 is 1. The molecular formula is C16H34N2O3. The maximum atomic E-state index is 10.2. The van der Waals surface area contributed by atoms with E-state index in [0.717, 1.165) is 26.1 Å². The summed E-state index contributed by atoms with van der Waals surface area (Å²) in [5.41, 5.74) is 0. The summed E-state index contributed by atoms with van der Waals surface area (Å²) in [6.45, 7) is 8.97. The van der Waals surface area contributed by atoms with Crippen molar-refractivity contribution in [1.82, 2.24) is 10.2 Å². The Morgan fingerprint density at radius 1 is 1.33 bits per heavy atom. The van der Waals surface area contributed by atoms with Crippen LogP contribution in [-0.2, 0) is 9.47 Å². The minimum absolute atomic E-state index is 0.0317. The average molecular weight is 302 g/mol. The number of nitrogens with zero attached hydrogens (tertiary/aromatic N) is 1. The summed E-state index contributed by atoms with van der Waals surface area (Å²) in [4.78, 5) is 2.36. The van der Waals surface area contributed by atoms with Gasteiger partial charge in [-0.3, -0.25) is 4.90 Å². The maximum absolute atomic E-state index is 10.2. The Hall–Kier alpha value is -0.200. The first-order valence-electron chi connectivity index (χ1n) is 8.40. The largest absolute Gasteiger partial charge is 0.389 e. The lowest BCUT2D eigenvalue weighted by Crippen LogP contribution is -2.46. The Kier molecular flexibility index (Phi) is 10.2. The van der Waals surface area contributed by atoms with Crippen molar-refractivity contribution >= 4 is 0 Å². The van der Waals surface area contributed by atoms with Crippen molar-refractivity contribution in [3.63, 3.8) is 0 Å². The highest BCUT2D eigenvalue weighted by molar-refractivity contribution is 4.77. The Morgan fingerprint density at radius 3 is 2.76 bits per heavy atom. The summed E-state index contributed by atoms with van der Waals surface area (Å²) >= 11 is 0.